The summed E-state index contributed by atoms with van der Waals surface area (Å²) in [5, 5.41) is -0.525. The Morgan fingerprint density at radius 1 is 1.33 bits per heavy atom. The van der Waals surface area contributed by atoms with Gasteiger partial charge in [-0.05, 0) is 50.8 Å². The van der Waals surface area contributed by atoms with Crippen LogP contribution in [0.15, 0.2) is 12.1 Å². The number of halogens is 1. The second-order valence-electron chi connectivity index (χ2n) is 5.76. The van der Waals surface area contributed by atoms with Crippen LogP contribution in [0.1, 0.15) is 43.0 Å². The van der Waals surface area contributed by atoms with Gasteiger partial charge in [0.05, 0.1) is 6.10 Å². The van der Waals surface area contributed by atoms with Crippen LogP contribution < -0.4 is 4.72 Å². The third kappa shape index (κ3) is 3.44. The highest BCUT2D eigenvalue weighted by Crippen LogP contribution is 2.24. The first-order valence-corrected chi connectivity index (χ1v) is 8.66. The largest absolute Gasteiger partial charge is 0.377 e. The van der Waals surface area contributed by atoms with Crippen molar-refractivity contribution >= 4 is 10.0 Å². The smallest absolute Gasteiger partial charge is 0.217 e. The van der Waals surface area contributed by atoms with Gasteiger partial charge in [0.25, 0.3) is 0 Å². The molecule has 0 unspecified atom stereocenters. The molecule has 0 amide bonds. The van der Waals surface area contributed by atoms with E-state index >= 15 is 0 Å². The number of hydrogen-bond acceptors (Lipinski definition) is 3. The SMILES string of the molecule is Cc1cc([C@H](C)NS(=O)(=O)[C@H]2CCO[C@@H]2C)cc(C)c1F. The molecule has 1 fully saturated rings. The van der Waals surface area contributed by atoms with Crippen LogP contribution in [0.5, 0.6) is 0 Å². The van der Waals surface area contributed by atoms with Crippen LogP contribution in [-0.4, -0.2) is 26.4 Å². The van der Waals surface area contributed by atoms with Gasteiger partial charge in [0.15, 0.2) is 0 Å². The second-order valence-corrected chi connectivity index (χ2v) is 7.69. The van der Waals surface area contributed by atoms with Crippen molar-refractivity contribution < 1.29 is 17.5 Å². The molecule has 0 spiro atoms. The molecule has 3 atom stereocenters. The first kappa shape index (κ1) is 16.4. The van der Waals surface area contributed by atoms with E-state index in [0.29, 0.717) is 24.2 Å². The van der Waals surface area contributed by atoms with Gasteiger partial charge in [0.1, 0.15) is 11.1 Å². The van der Waals surface area contributed by atoms with Crippen LogP contribution in [-0.2, 0) is 14.8 Å². The zero-order valence-electron chi connectivity index (χ0n) is 12.8. The molecular weight excluding hydrogens is 293 g/mol. The van der Waals surface area contributed by atoms with Crippen LogP contribution >= 0.6 is 0 Å². The quantitative estimate of drug-likeness (QED) is 0.929. The predicted molar refractivity (Wildman–Crippen MR) is 80.2 cm³/mol. The third-order valence-electron chi connectivity index (χ3n) is 4.01. The third-order valence-corrected chi connectivity index (χ3v) is 6.10. The van der Waals surface area contributed by atoms with Crippen molar-refractivity contribution in [3.8, 4) is 0 Å². The summed E-state index contributed by atoms with van der Waals surface area (Å²) in [6.07, 6.45) is 0.205. The van der Waals surface area contributed by atoms with Crippen LogP contribution in [0.2, 0.25) is 0 Å². The number of sulfonamides is 1. The van der Waals surface area contributed by atoms with Crippen molar-refractivity contribution in [3.63, 3.8) is 0 Å². The minimum atomic E-state index is -3.46. The summed E-state index contributed by atoms with van der Waals surface area (Å²) in [6, 6.07) is 2.97. The molecule has 0 aromatic heterocycles. The van der Waals surface area contributed by atoms with E-state index in [1.54, 1.807) is 39.8 Å². The molecule has 21 heavy (non-hydrogen) atoms. The van der Waals surface area contributed by atoms with Crippen molar-refractivity contribution in [3.05, 3.63) is 34.6 Å². The summed E-state index contributed by atoms with van der Waals surface area (Å²) < 4.78 is 46.5. The molecule has 118 valence electrons. The van der Waals surface area contributed by atoms with Crippen molar-refractivity contribution in [1.29, 1.82) is 0 Å². The number of hydrogen-bond donors (Lipinski definition) is 1. The summed E-state index contributed by atoms with van der Waals surface area (Å²) in [5.74, 6) is -0.244. The van der Waals surface area contributed by atoms with Gasteiger partial charge in [-0.25, -0.2) is 17.5 Å². The van der Waals surface area contributed by atoms with Crippen LogP contribution in [0.3, 0.4) is 0 Å². The van der Waals surface area contributed by atoms with Crippen LogP contribution in [0.4, 0.5) is 4.39 Å². The van der Waals surface area contributed by atoms with E-state index in [-0.39, 0.29) is 11.9 Å². The second kappa shape index (κ2) is 6.02. The Morgan fingerprint density at radius 3 is 2.38 bits per heavy atom. The van der Waals surface area contributed by atoms with Gasteiger partial charge < -0.3 is 4.74 Å². The highest BCUT2D eigenvalue weighted by Gasteiger charge is 2.36. The zero-order valence-corrected chi connectivity index (χ0v) is 13.6. The maximum absolute atomic E-state index is 13.7. The maximum Gasteiger partial charge on any atom is 0.217 e. The van der Waals surface area contributed by atoms with E-state index in [9.17, 15) is 12.8 Å². The van der Waals surface area contributed by atoms with Crippen molar-refractivity contribution in [2.45, 2.75) is 51.5 Å². The molecule has 0 radical (unpaired) electrons. The fourth-order valence-corrected chi connectivity index (χ4v) is 4.54. The fraction of sp³-hybridized carbons (Fsp3) is 0.600. The van der Waals surface area contributed by atoms with Crippen molar-refractivity contribution in [2.24, 2.45) is 0 Å². The van der Waals surface area contributed by atoms with Crippen molar-refractivity contribution in [2.75, 3.05) is 6.61 Å². The van der Waals surface area contributed by atoms with Crippen LogP contribution in [0, 0.1) is 19.7 Å². The van der Waals surface area contributed by atoms with Crippen LogP contribution in [0.25, 0.3) is 0 Å². The summed E-state index contributed by atoms with van der Waals surface area (Å²) in [5.41, 5.74) is 1.81. The van der Waals surface area contributed by atoms with Gasteiger partial charge in [-0.3, -0.25) is 0 Å². The van der Waals surface area contributed by atoms with E-state index in [0.717, 1.165) is 5.56 Å². The first-order chi connectivity index (χ1) is 9.72. The Morgan fingerprint density at radius 2 is 1.90 bits per heavy atom. The lowest BCUT2D eigenvalue weighted by molar-refractivity contribution is 0.126. The first-order valence-electron chi connectivity index (χ1n) is 7.11. The summed E-state index contributed by atoms with van der Waals surface area (Å²) in [7, 11) is -3.46. The number of ether oxygens (including phenoxy) is 1. The van der Waals surface area contributed by atoms with Gasteiger partial charge in [-0.2, -0.15) is 0 Å². The minimum Gasteiger partial charge on any atom is -0.377 e. The summed E-state index contributed by atoms with van der Waals surface area (Å²) >= 11 is 0. The topological polar surface area (TPSA) is 55.4 Å². The standard InChI is InChI=1S/C15H22FNO3S/c1-9-7-13(8-10(2)15(9)16)11(3)17-21(18,19)14-5-6-20-12(14)4/h7-8,11-12,14,17H,5-6H2,1-4H3/t11-,12+,14-/m0/s1. The summed E-state index contributed by atoms with van der Waals surface area (Å²) in [6.45, 7) is 7.37. The van der Waals surface area contributed by atoms with E-state index < -0.39 is 21.3 Å². The van der Waals surface area contributed by atoms with E-state index in [1.165, 1.54) is 0 Å². The molecule has 0 bridgehead atoms. The highest BCUT2D eigenvalue weighted by molar-refractivity contribution is 7.90. The number of benzene rings is 1. The molecule has 6 heteroatoms. The normalized spacial score (nSPS) is 24.2. The zero-order chi connectivity index (χ0) is 15.8. The lowest BCUT2D eigenvalue weighted by Gasteiger charge is -2.21. The molecule has 1 aromatic rings. The molecule has 1 saturated heterocycles. The molecule has 1 aliphatic heterocycles. The molecule has 0 aliphatic carbocycles. The maximum atomic E-state index is 13.7. The Balaban J connectivity index is 2.19. The Bertz CT molecular complexity index is 607. The molecule has 1 heterocycles. The molecule has 1 N–H and O–H groups in total. The molecule has 4 nitrogen and oxygen atoms in total. The van der Waals surface area contributed by atoms with Gasteiger partial charge in [0.2, 0.25) is 10.0 Å². The van der Waals surface area contributed by atoms with E-state index in [2.05, 4.69) is 4.72 Å². The Kier molecular flexibility index (Phi) is 4.70. The van der Waals surface area contributed by atoms with E-state index in [4.69, 9.17) is 4.74 Å². The van der Waals surface area contributed by atoms with Gasteiger partial charge in [0, 0.05) is 12.6 Å². The van der Waals surface area contributed by atoms with E-state index in [1.807, 2.05) is 0 Å². The average molecular weight is 315 g/mol. The lowest BCUT2D eigenvalue weighted by atomic mass is 10.0. The van der Waals surface area contributed by atoms with Gasteiger partial charge in [-0.15, -0.1) is 0 Å². The highest BCUT2D eigenvalue weighted by atomic mass is 32.2. The molecule has 0 saturated carbocycles. The summed E-state index contributed by atoms with van der Waals surface area (Å²) in [4.78, 5) is 0. The monoisotopic (exact) mass is 315 g/mol. The fourth-order valence-electron chi connectivity index (χ4n) is 2.75. The van der Waals surface area contributed by atoms with Crippen molar-refractivity contribution in [1.82, 2.24) is 4.72 Å². The molecule has 2 rings (SSSR count). The predicted octanol–water partition coefficient (Wildman–Crippen LogP) is 2.60. The van der Waals surface area contributed by atoms with Gasteiger partial charge >= 0.3 is 0 Å². The minimum absolute atomic E-state index is 0.244. The molecular formula is C15H22FNO3S. The number of rotatable bonds is 4. The number of aryl methyl sites for hydroxylation is 2. The average Bonchev–Trinajstić information content (AvgIpc) is 2.82. The van der Waals surface area contributed by atoms with Gasteiger partial charge in [-0.1, -0.05) is 12.1 Å². The Labute approximate surface area is 125 Å². The molecule has 1 aliphatic rings. The Hall–Kier alpha value is -0.980. The lowest BCUT2D eigenvalue weighted by Crippen LogP contribution is -2.39. The molecule has 1 aromatic carbocycles. The number of nitrogens with one attached hydrogen (secondary N) is 1.